The summed E-state index contributed by atoms with van der Waals surface area (Å²) in [6, 6.07) is -0.193. The Morgan fingerprint density at radius 2 is 2.23 bits per heavy atom. The molecule has 0 radical (unpaired) electrons. The van der Waals surface area contributed by atoms with Crippen molar-refractivity contribution in [3.63, 3.8) is 0 Å². The van der Waals surface area contributed by atoms with E-state index in [0.29, 0.717) is 25.9 Å². The van der Waals surface area contributed by atoms with Gasteiger partial charge < -0.3 is 21.6 Å². The minimum absolute atomic E-state index is 0.178. The third-order valence-electron chi connectivity index (χ3n) is 1.36. The maximum absolute atomic E-state index is 10.8. The number of carbonyl (C=O) groups is 1. The zero-order chi connectivity index (χ0) is 10.1. The quantitative estimate of drug-likeness (QED) is 0.158. The Balaban J connectivity index is 3.30. The number of nitrogens with one attached hydrogen (secondary N) is 2. The van der Waals surface area contributed by atoms with Crippen molar-refractivity contribution in [2.75, 3.05) is 13.1 Å². The number of nitrogens with two attached hydrogens (primary N) is 1. The zero-order valence-corrected chi connectivity index (χ0v) is 7.71. The monoisotopic (exact) mass is 188 g/mol. The first-order valence-corrected chi connectivity index (χ1v) is 4.18. The molecule has 0 bridgehead atoms. The van der Waals surface area contributed by atoms with E-state index in [4.69, 9.17) is 10.9 Å². The average Bonchev–Trinajstić information content (AvgIpc) is 2.12. The van der Waals surface area contributed by atoms with Crippen LogP contribution in [0.25, 0.3) is 0 Å². The molecule has 0 unspecified atom stereocenters. The third kappa shape index (κ3) is 6.92. The molecule has 0 atom stereocenters. The molecule has 13 heavy (non-hydrogen) atoms. The minimum Gasteiger partial charge on any atom is -0.409 e. The third-order valence-corrected chi connectivity index (χ3v) is 1.36. The van der Waals surface area contributed by atoms with Crippen LogP contribution in [-0.2, 0) is 0 Å². The Bertz CT molecular complexity index is 181. The second-order valence-electron chi connectivity index (χ2n) is 2.48. The van der Waals surface area contributed by atoms with E-state index in [2.05, 4.69) is 15.8 Å². The molecule has 0 saturated heterocycles. The first-order chi connectivity index (χ1) is 6.20. The number of amidine groups is 1. The Morgan fingerprint density at radius 3 is 2.77 bits per heavy atom. The smallest absolute Gasteiger partial charge is 0.314 e. The first-order valence-electron chi connectivity index (χ1n) is 4.18. The fourth-order valence-electron chi connectivity index (χ4n) is 0.744. The number of amides is 2. The SMILES string of the molecule is CCNC(=O)NCCCC(N)=NO. The lowest BCUT2D eigenvalue weighted by atomic mass is 10.3. The lowest BCUT2D eigenvalue weighted by Crippen LogP contribution is -2.36. The normalized spacial score (nSPS) is 11.0. The summed E-state index contributed by atoms with van der Waals surface area (Å²) in [5.74, 6) is 0.178. The van der Waals surface area contributed by atoms with E-state index < -0.39 is 0 Å². The zero-order valence-electron chi connectivity index (χ0n) is 7.71. The molecule has 0 fully saturated rings. The Morgan fingerprint density at radius 1 is 1.54 bits per heavy atom. The highest BCUT2D eigenvalue weighted by Gasteiger charge is 1.97. The molecule has 2 amide bonds. The lowest BCUT2D eigenvalue weighted by Gasteiger charge is -2.04. The second kappa shape index (κ2) is 7.20. The molecule has 76 valence electrons. The predicted molar refractivity (Wildman–Crippen MR) is 49.7 cm³/mol. The maximum Gasteiger partial charge on any atom is 0.314 e. The summed E-state index contributed by atoms with van der Waals surface area (Å²) < 4.78 is 0. The second-order valence-corrected chi connectivity index (χ2v) is 2.48. The highest BCUT2D eigenvalue weighted by molar-refractivity contribution is 5.79. The van der Waals surface area contributed by atoms with Crippen LogP contribution in [0.5, 0.6) is 0 Å². The van der Waals surface area contributed by atoms with Crippen LogP contribution in [0.4, 0.5) is 4.79 Å². The van der Waals surface area contributed by atoms with Crippen molar-refractivity contribution >= 4 is 11.9 Å². The van der Waals surface area contributed by atoms with Crippen LogP contribution in [0.2, 0.25) is 0 Å². The van der Waals surface area contributed by atoms with Crippen molar-refractivity contribution in [2.24, 2.45) is 10.9 Å². The van der Waals surface area contributed by atoms with Crippen LogP contribution in [0.15, 0.2) is 5.16 Å². The van der Waals surface area contributed by atoms with Crippen LogP contribution < -0.4 is 16.4 Å². The van der Waals surface area contributed by atoms with Crippen molar-refractivity contribution in [2.45, 2.75) is 19.8 Å². The predicted octanol–water partition coefficient (Wildman–Crippen LogP) is -0.168. The van der Waals surface area contributed by atoms with Gasteiger partial charge in [0.15, 0.2) is 0 Å². The summed E-state index contributed by atoms with van der Waals surface area (Å²) in [4.78, 5) is 10.8. The van der Waals surface area contributed by atoms with E-state index in [9.17, 15) is 4.79 Å². The van der Waals surface area contributed by atoms with Gasteiger partial charge >= 0.3 is 6.03 Å². The highest BCUT2D eigenvalue weighted by Crippen LogP contribution is 1.86. The molecular weight excluding hydrogens is 172 g/mol. The Labute approximate surface area is 77.2 Å². The fraction of sp³-hybridized carbons (Fsp3) is 0.714. The van der Waals surface area contributed by atoms with E-state index in [1.165, 1.54) is 0 Å². The summed E-state index contributed by atoms with van der Waals surface area (Å²) in [5, 5.41) is 16.2. The van der Waals surface area contributed by atoms with Gasteiger partial charge in [0.2, 0.25) is 0 Å². The summed E-state index contributed by atoms with van der Waals surface area (Å²) in [6.07, 6.45) is 1.13. The van der Waals surface area contributed by atoms with Gasteiger partial charge in [0, 0.05) is 19.5 Å². The molecule has 0 spiro atoms. The van der Waals surface area contributed by atoms with Gasteiger partial charge in [-0.3, -0.25) is 0 Å². The summed E-state index contributed by atoms with van der Waals surface area (Å²) in [6.45, 7) is 2.96. The number of rotatable bonds is 5. The topological polar surface area (TPSA) is 99.7 Å². The molecule has 0 aliphatic rings. The van der Waals surface area contributed by atoms with Crippen LogP contribution in [-0.4, -0.2) is 30.2 Å². The molecule has 0 aromatic heterocycles. The molecule has 0 aliphatic carbocycles. The standard InChI is InChI=1S/C7H16N4O2/c1-2-9-7(12)10-5-3-4-6(8)11-13/h13H,2-5H2,1H3,(H2,8,11)(H2,9,10,12). The van der Waals surface area contributed by atoms with Crippen molar-refractivity contribution in [3.05, 3.63) is 0 Å². The van der Waals surface area contributed by atoms with Crippen LogP contribution in [0.1, 0.15) is 19.8 Å². The molecule has 0 rings (SSSR count). The van der Waals surface area contributed by atoms with Crippen molar-refractivity contribution in [1.29, 1.82) is 0 Å². The Kier molecular flexibility index (Phi) is 6.39. The van der Waals surface area contributed by atoms with Gasteiger partial charge in [0.05, 0.1) is 0 Å². The van der Waals surface area contributed by atoms with Crippen molar-refractivity contribution < 1.29 is 10.0 Å². The summed E-state index contributed by atoms with van der Waals surface area (Å²) >= 11 is 0. The van der Waals surface area contributed by atoms with Gasteiger partial charge in [-0.05, 0) is 13.3 Å². The molecule has 0 aromatic carbocycles. The summed E-state index contributed by atoms with van der Waals surface area (Å²) in [7, 11) is 0. The number of hydrogen-bond donors (Lipinski definition) is 4. The van der Waals surface area contributed by atoms with Gasteiger partial charge in [-0.1, -0.05) is 5.16 Å². The first kappa shape index (κ1) is 11.5. The summed E-state index contributed by atoms with van der Waals surface area (Å²) in [5.41, 5.74) is 5.22. The lowest BCUT2D eigenvalue weighted by molar-refractivity contribution is 0.241. The largest absolute Gasteiger partial charge is 0.409 e. The van der Waals surface area contributed by atoms with Gasteiger partial charge in [-0.2, -0.15) is 0 Å². The number of urea groups is 1. The Hall–Kier alpha value is -1.46. The van der Waals surface area contributed by atoms with E-state index in [-0.39, 0.29) is 11.9 Å². The number of hydrogen-bond acceptors (Lipinski definition) is 3. The molecular formula is C7H16N4O2. The maximum atomic E-state index is 10.8. The molecule has 0 saturated carbocycles. The molecule has 0 aromatic rings. The van der Waals surface area contributed by atoms with Crippen molar-refractivity contribution in [3.8, 4) is 0 Å². The molecule has 0 heterocycles. The van der Waals surface area contributed by atoms with Gasteiger partial charge in [-0.25, -0.2) is 4.79 Å². The van der Waals surface area contributed by atoms with Crippen LogP contribution in [0.3, 0.4) is 0 Å². The highest BCUT2D eigenvalue weighted by atomic mass is 16.4. The van der Waals surface area contributed by atoms with E-state index in [0.717, 1.165) is 0 Å². The van der Waals surface area contributed by atoms with E-state index in [1.807, 2.05) is 6.92 Å². The van der Waals surface area contributed by atoms with Gasteiger partial charge in [0.25, 0.3) is 0 Å². The average molecular weight is 188 g/mol. The van der Waals surface area contributed by atoms with Crippen molar-refractivity contribution in [1.82, 2.24) is 10.6 Å². The number of nitrogens with zero attached hydrogens (tertiary/aromatic N) is 1. The molecule has 6 nitrogen and oxygen atoms in total. The van der Waals surface area contributed by atoms with Gasteiger partial charge in [-0.15, -0.1) is 0 Å². The van der Waals surface area contributed by atoms with E-state index in [1.54, 1.807) is 0 Å². The molecule has 5 N–H and O–H groups in total. The van der Waals surface area contributed by atoms with Crippen LogP contribution >= 0.6 is 0 Å². The van der Waals surface area contributed by atoms with Crippen LogP contribution in [0, 0.1) is 0 Å². The van der Waals surface area contributed by atoms with E-state index >= 15 is 0 Å². The van der Waals surface area contributed by atoms with Gasteiger partial charge in [0.1, 0.15) is 5.84 Å². The molecule has 0 aliphatic heterocycles. The molecule has 6 heteroatoms. The minimum atomic E-state index is -0.193. The number of carbonyl (C=O) groups excluding carboxylic acids is 1. The number of oxime groups is 1. The fourth-order valence-corrected chi connectivity index (χ4v) is 0.744.